The molecule has 0 heterocycles. The summed E-state index contributed by atoms with van der Waals surface area (Å²) in [5.74, 6) is -1.03. The minimum atomic E-state index is -3.97. The summed E-state index contributed by atoms with van der Waals surface area (Å²) in [5, 5.41) is 3.89. The molecule has 0 aliphatic carbocycles. The minimum absolute atomic E-state index is 0.0579. The second kappa shape index (κ2) is 10.4. The van der Waals surface area contributed by atoms with E-state index in [0.29, 0.717) is 5.56 Å². The van der Waals surface area contributed by atoms with Crippen LogP contribution in [-0.2, 0) is 21.4 Å². The van der Waals surface area contributed by atoms with Crippen LogP contribution in [-0.4, -0.2) is 31.4 Å². The molecule has 0 radical (unpaired) electrons. The van der Waals surface area contributed by atoms with Crippen LogP contribution in [0.25, 0.3) is 0 Å². The van der Waals surface area contributed by atoms with Crippen LogP contribution in [0.5, 0.6) is 0 Å². The summed E-state index contributed by atoms with van der Waals surface area (Å²) in [6.45, 7) is -0.551. The zero-order valence-electron chi connectivity index (χ0n) is 16.3. The van der Waals surface area contributed by atoms with Gasteiger partial charge in [0.2, 0.25) is 10.0 Å². The molecule has 0 aliphatic heterocycles. The van der Waals surface area contributed by atoms with Crippen molar-refractivity contribution in [3.05, 3.63) is 100 Å². The van der Waals surface area contributed by atoms with Crippen molar-refractivity contribution in [1.29, 1.82) is 0 Å². The second-order valence-corrected chi connectivity index (χ2v) is 9.41. The van der Waals surface area contributed by atoms with Crippen LogP contribution in [0.2, 0.25) is 0 Å². The second-order valence-electron chi connectivity index (χ2n) is 6.56. The Bertz CT molecular complexity index is 1170. The number of sulfonamides is 1. The summed E-state index contributed by atoms with van der Waals surface area (Å²) in [4.78, 5) is 12.5. The molecule has 0 saturated carbocycles. The van der Waals surface area contributed by atoms with Crippen LogP contribution < -0.4 is 5.43 Å². The number of hydrogen-bond acceptors (Lipinski definition) is 4. The molecular weight excluding hydrogens is 485 g/mol. The lowest BCUT2D eigenvalue weighted by Crippen LogP contribution is -2.39. The number of carbonyl (C=O) groups is 1. The molecule has 0 saturated heterocycles. The van der Waals surface area contributed by atoms with Gasteiger partial charge in [0.25, 0.3) is 5.91 Å². The van der Waals surface area contributed by atoms with E-state index in [9.17, 15) is 17.6 Å². The van der Waals surface area contributed by atoms with Crippen molar-refractivity contribution in [1.82, 2.24) is 9.73 Å². The molecule has 3 aromatic carbocycles. The van der Waals surface area contributed by atoms with Gasteiger partial charge < -0.3 is 0 Å². The fourth-order valence-corrected chi connectivity index (χ4v) is 4.54. The van der Waals surface area contributed by atoms with Crippen molar-refractivity contribution < 1.29 is 17.6 Å². The number of halogens is 2. The smallest absolute Gasteiger partial charge is 0.255 e. The molecule has 0 spiro atoms. The lowest BCUT2D eigenvalue weighted by Gasteiger charge is -2.21. The molecule has 0 aliphatic rings. The first kappa shape index (κ1) is 22.8. The Labute approximate surface area is 188 Å². The van der Waals surface area contributed by atoms with Crippen molar-refractivity contribution in [2.45, 2.75) is 11.4 Å². The van der Waals surface area contributed by atoms with Gasteiger partial charge in [0.05, 0.1) is 17.7 Å². The molecule has 0 bridgehead atoms. The van der Waals surface area contributed by atoms with Crippen LogP contribution >= 0.6 is 15.9 Å². The summed E-state index contributed by atoms with van der Waals surface area (Å²) in [7, 11) is -3.97. The topological polar surface area (TPSA) is 78.8 Å². The number of hydrazone groups is 1. The third-order valence-electron chi connectivity index (χ3n) is 4.22. The van der Waals surface area contributed by atoms with E-state index in [2.05, 4.69) is 26.5 Å². The molecule has 3 aromatic rings. The fraction of sp³-hybridized carbons (Fsp3) is 0.0909. The Morgan fingerprint density at radius 2 is 1.74 bits per heavy atom. The predicted molar refractivity (Wildman–Crippen MR) is 120 cm³/mol. The Kier molecular flexibility index (Phi) is 7.67. The van der Waals surface area contributed by atoms with Gasteiger partial charge in [-0.25, -0.2) is 18.2 Å². The van der Waals surface area contributed by atoms with E-state index in [1.165, 1.54) is 42.6 Å². The van der Waals surface area contributed by atoms with Crippen molar-refractivity contribution in [2.24, 2.45) is 5.10 Å². The number of hydrogen-bond donors (Lipinski definition) is 1. The van der Waals surface area contributed by atoms with E-state index in [0.717, 1.165) is 14.3 Å². The normalized spacial score (nSPS) is 11.7. The quantitative estimate of drug-likeness (QED) is 0.373. The zero-order valence-corrected chi connectivity index (χ0v) is 18.7. The predicted octanol–water partition coefficient (Wildman–Crippen LogP) is 3.93. The van der Waals surface area contributed by atoms with E-state index in [1.54, 1.807) is 24.3 Å². The molecule has 0 aromatic heterocycles. The summed E-state index contributed by atoms with van der Waals surface area (Å²) in [5.41, 5.74) is 3.66. The molecular formula is C22H19BrFN3O3S. The Balaban J connectivity index is 1.77. The van der Waals surface area contributed by atoms with Gasteiger partial charge in [-0.15, -0.1) is 0 Å². The highest BCUT2D eigenvalue weighted by Crippen LogP contribution is 2.18. The van der Waals surface area contributed by atoms with Gasteiger partial charge in [-0.3, -0.25) is 4.79 Å². The molecule has 0 fully saturated rings. The third-order valence-corrected chi connectivity index (χ3v) is 6.52. The van der Waals surface area contributed by atoms with Gasteiger partial charge in [0.1, 0.15) is 5.82 Å². The lowest BCUT2D eigenvalue weighted by atomic mass is 10.2. The zero-order chi connectivity index (χ0) is 22.3. The first-order valence-electron chi connectivity index (χ1n) is 9.22. The van der Waals surface area contributed by atoms with E-state index < -0.39 is 28.3 Å². The number of carbonyl (C=O) groups excluding carboxylic acids is 1. The highest BCUT2D eigenvalue weighted by molar-refractivity contribution is 9.10. The SMILES string of the molecule is O=C(CN(Cc1ccc(F)cc1)S(=O)(=O)c1ccccc1)N/N=C\c1cccc(Br)c1. The lowest BCUT2D eigenvalue weighted by molar-refractivity contribution is -0.121. The van der Waals surface area contributed by atoms with Crippen LogP contribution in [0.1, 0.15) is 11.1 Å². The standard InChI is InChI=1S/C22H19BrFN3O3S/c23-19-6-4-5-18(13-19)14-25-26-22(28)16-27(15-17-9-11-20(24)12-10-17)31(29,30)21-7-2-1-3-8-21/h1-14H,15-16H2,(H,26,28)/b25-14-. The number of amides is 1. The maximum Gasteiger partial charge on any atom is 0.255 e. The van der Waals surface area contributed by atoms with Crippen molar-refractivity contribution in [2.75, 3.05) is 6.54 Å². The highest BCUT2D eigenvalue weighted by atomic mass is 79.9. The largest absolute Gasteiger partial charge is 0.272 e. The molecule has 160 valence electrons. The molecule has 0 atom stereocenters. The van der Waals surface area contributed by atoms with Gasteiger partial charge in [0, 0.05) is 11.0 Å². The molecule has 6 nitrogen and oxygen atoms in total. The summed E-state index contributed by atoms with van der Waals surface area (Å²) >= 11 is 3.35. The highest BCUT2D eigenvalue weighted by Gasteiger charge is 2.26. The number of rotatable bonds is 8. The Morgan fingerprint density at radius 3 is 2.42 bits per heavy atom. The molecule has 1 amide bonds. The molecule has 0 unspecified atom stereocenters. The average molecular weight is 504 g/mol. The van der Waals surface area contributed by atoms with Crippen molar-refractivity contribution in [3.63, 3.8) is 0 Å². The maximum atomic E-state index is 13.2. The summed E-state index contributed by atoms with van der Waals surface area (Å²) in [6.07, 6.45) is 1.46. The molecule has 3 rings (SSSR count). The monoisotopic (exact) mass is 503 g/mol. The Morgan fingerprint density at radius 1 is 1.03 bits per heavy atom. The summed E-state index contributed by atoms with van der Waals surface area (Å²) < 4.78 is 41.3. The van der Waals surface area contributed by atoms with Crippen LogP contribution in [0.3, 0.4) is 0 Å². The third kappa shape index (κ3) is 6.55. The van der Waals surface area contributed by atoms with Crippen LogP contribution in [0.15, 0.2) is 93.3 Å². The number of nitrogens with zero attached hydrogens (tertiary/aromatic N) is 2. The van der Waals surface area contributed by atoms with Crippen LogP contribution in [0, 0.1) is 5.82 Å². The minimum Gasteiger partial charge on any atom is -0.272 e. The molecule has 31 heavy (non-hydrogen) atoms. The maximum absolute atomic E-state index is 13.2. The first-order chi connectivity index (χ1) is 14.8. The van der Waals surface area contributed by atoms with Gasteiger partial charge in [-0.05, 0) is 47.5 Å². The first-order valence-corrected chi connectivity index (χ1v) is 11.4. The number of nitrogens with one attached hydrogen (secondary N) is 1. The summed E-state index contributed by atoms with van der Waals surface area (Å²) in [6, 6.07) is 20.6. The van der Waals surface area contributed by atoms with E-state index in [-0.39, 0.29) is 11.4 Å². The van der Waals surface area contributed by atoms with Gasteiger partial charge in [-0.1, -0.05) is 58.4 Å². The average Bonchev–Trinajstić information content (AvgIpc) is 2.75. The van der Waals surface area contributed by atoms with Crippen molar-refractivity contribution in [3.8, 4) is 0 Å². The van der Waals surface area contributed by atoms with E-state index >= 15 is 0 Å². The molecule has 9 heteroatoms. The van der Waals surface area contributed by atoms with Gasteiger partial charge in [0.15, 0.2) is 0 Å². The van der Waals surface area contributed by atoms with E-state index in [4.69, 9.17) is 0 Å². The van der Waals surface area contributed by atoms with E-state index in [1.807, 2.05) is 18.2 Å². The van der Waals surface area contributed by atoms with Crippen molar-refractivity contribution >= 4 is 38.1 Å². The fourth-order valence-electron chi connectivity index (χ4n) is 2.72. The van der Waals surface area contributed by atoms with Crippen LogP contribution in [0.4, 0.5) is 4.39 Å². The van der Waals surface area contributed by atoms with Gasteiger partial charge in [-0.2, -0.15) is 9.41 Å². The Hall–Kier alpha value is -2.88. The number of benzene rings is 3. The van der Waals surface area contributed by atoms with Gasteiger partial charge >= 0.3 is 0 Å². The molecule has 1 N–H and O–H groups in total.